The standard InChI is InChI=1S/C18H25NO2/c1-3-14-5-8-16(9-6-14)17(20)13-19-12-11-15(4-2)7-10-18(19)21/h5-6,8-9,15H,3-4,7,10-13H2,1-2H3. The van der Waals surface area contributed by atoms with E-state index in [1.54, 1.807) is 4.90 Å². The first-order valence-electron chi connectivity index (χ1n) is 8.04. The van der Waals surface area contributed by atoms with Gasteiger partial charge in [-0.1, -0.05) is 44.5 Å². The van der Waals surface area contributed by atoms with Crippen LogP contribution in [0.1, 0.15) is 55.5 Å². The third kappa shape index (κ3) is 4.16. The third-order valence-electron chi connectivity index (χ3n) is 4.52. The van der Waals surface area contributed by atoms with Crippen LogP contribution in [0.4, 0.5) is 0 Å². The Balaban J connectivity index is 1.98. The molecule has 0 N–H and O–H groups in total. The molecule has 1 aromatic rings. The van der Waals surface area contributed by atoms with Gasteiger partial charge in [0, 0.05) is 18.5 Å². The molecule has 0 spiro atoms. The van der Waals surface area contributed by atoms with E-state index in [0.717, 1.165) is 32.2 Å². The summed E-state index contributed by atoms with van der Waals surface area (Å²) in [5.74, 6) is 0.795. The van der Waals surface area contributed by atoms with Gasteiger partial charge in [0.2, 0.25) is 5.91 Å². The van der Waals surface area contributed by atoms with E-state index in [1.807, 2.05) is 24.3 Å². The minimum Gasteiger partial charge on any atom is -0.335 e. The highest BCUT2D eigenvalue weighted by molar-refractivity contribution is 5.99. The molecule has 2 rings (SSSR count). The average molecular weight is 287 g/mol. The summed E-state index contributed by atoms with van der Waals surface area (Å²) in [6, 6.07) is 7.73. The topological polar surface area (TPSA) is 37.4 Å². The lowest BCUT2D eigenvalue weighted by molar-refractivity contribution is -0.130. The van der Waals surface area contributed by atoms with Crippen molar-refractivity contribution < 1.29 is 9.59 Å². The van der Waals surface area contributed by atoms with Crippen molar-refractivity contribution >= 4 is 11.7 Å². The van der Waals surface area contributed by atoms with Crippen LogP contribution in [-0.4, -0.2) is 29.7 Å². The molecule has 0 aromatic heterocycles. The predicted octanol–water partition coefficient (Wildman–Crippen LogP) is 3.47. The smallest absolute Gasteiger partial charge is 0.222 e. The van der Waals surface area contributed by atoms with Crippen LogP contribution in [0.3, 0.4) is 0 Å². The fourth-order valence-corrected chi connectivity index (χ4v) is 2.86. The van der Waals surface area contributed by atoms with Crippen molar-refractivity contribution in [3.8, 4) is 0 Å². The van der Waals surface area contributed by atoms with Crippen LogP contribution in [0.5, 0.6) is 0 Å². The predicted molar refractivity (Wildman–Crippen MR) is 84.4 cm³/mol. The molecule has 0 radical (unpaired) electrons. The zero-order chi connectivity index (χ0) is 15.2. The minimum atomic E-state index is 0.0425. The van der Waals surface area contributed by atoms with Crippen LogP contribution in [-0.2, 0) is 11.2 Å². The highest BCUT2D eigenvalue weighted by Gasteiger charge is 2.23. The SMILES string of the molecule is CCc1ccc(C(=O)CN2CCC(CC)CCC2=O)cc1. The van der Waals surface area contributed by atoms with Crippen molar-refractivity contribution in [3.05, 3.63) is 35.4 Å². The average Bonchev–Trinajstić information content (AvgIpc) is 2.70. The second-order valence-corrected chi connectivity index (χ2v) is 5.89. The van der Waals surface area contributed by atoms with Crippen molar-refractivity contribution in [2.75, 3.05) is 13.1 Å². The van der Waals surface area contributed by atoms with Crippen molar-refractivity contribution in [2.45, 2.75) is 46.0 Å². The number of hydrogen-bond donors (Lipinski definition) is 0. The molecule has 1 unspecified atom stereocenters. The fraction of sp³-hybridized carbons (Fsp3) is 0.556. The van der Waals surface area contributed by atoms with Gasteiger partial charge >= 0.3 is 0 Å². The first-order chi connectivity index (χ1) is 10.1. The lowest BCUT2D eigenvalue weighted by Gasteiger charge is -2.20. The molecule has 0 bridgehead atoms. The van der Waals surface area contributed by atoms with Crippen LogP contribution >= 0.6 is 0 Å². The van der Waals surface area contributed by atoms with Gasteiger partial charge in [0.05, 0.1) is 6.54 Å². The van der Waals surface area contributed by atoms with Gasteiger partial charge in [-0.3, -0.25) is 9.59 Å². The Hall–Kier alpha value is -1.64. The van der Waals surface area contributed by atoms with E-state index in [9.17, 15) is 9.59 Å². The van der Waals surface area contributed by atoms with E-state index in [2.05, 4.69) is 13.8 Å². The molecule has 21 heavy (non-hydrogen) atoms. The summed E-state index contributed by atoms with van der Waals surface area (Å²) >= 11 is 0. The molecule has 3 nitrogen and oxygen atoms in total. The largest absolute Gasteiger partial charge is 0.335 e. The summed E-state index contributed by atoms with van der Waals surface area (Å²) < 4.78 is 0. The van der Waals surface area contributed by atoms with Gasteiger partial charge in [0.1, 0.15) is 0 Å². The Bertz CT molecular complexity index is 492. The van der Waals surface area contributed by atoms with Crippen molar-refractivity contribution in [2.24, 2.45) is 5.92 Å². The first-order valence-corrected chi connectivity index (χ1v) is 8.04. The summed E-state index contributed by atoms with van der Waals surface area (Å²) in [6.07, 6.45) is 4.65. The second kappa shape index (κ2) is 7.39. The number of benzene rings is 1. The van der Waals surface area contributed by atoms with E-state index in [4.69, 9.17) is 0 Å². The summed E-state index contributed by atoms with van der Waals surface area (Å²) in [7, 11) is 0. The Labute approximate surface area is 127 Å². The number of hydrogen-bond acceptors (Lipinski definition) is 2. The maximum absolute atomic E-state index is 12.3. The van der Waals surface area contributed by atoms with E-state index in [1.165, 1.54) is 5.56 Å². The maximum Gasteiger partial charge on any atom is 0.222 e. The molecule has 0 saturated carbocycles. The van der Waals surface area contributed by atoms with Gasteiger partial charge in [0.25, 0.3) is 0 Å². The van der Waals surface area contributed by atoms with E-state index in [0.29, 0.717) is 17.9 Å². The molecule has 114 valence electrons. The highest BCUT2D eigenvalue weighted by Crippen LogP contribution is 2.21. The Morgan fingerprint density at radius 2 is 1.90 bits per heavy atom. The molecule has 1 aliphatic rings. The molecule has 1 saturated heterocycles. The molecule has 1 aliphatic heterocycles. The quantitative estimate of drug-likeness (QED) is 0.778. The molecule has 1 heterocycles. The van der Waals surface area contributed by atoms with Crippen LogP contribution in [0.2, 0.25) is 0 Å². The summed E-state index contributed by atoms with van der Waals surface area (Å²) in [5, 5.41) is 0. The number of ketones is 1. The summed E-state index contributed by atoms with van der Waals surface area (Å²) in [6.45, 7) is 5.21. The van der Waals surface area contributed by atoms with Crippen LogP contribution in [0, 0.1) is 5.92 Å². The second-order valence-electron chi connectivity index (χ2n) is 5.89. The monoisotopic (exact) mass is 287 g/mol. The molecule has 1 atom stereocenters. The normalized spacial score (nSPS) is 19.4. The van der Waals surface area contributed by atoms with Gasteiger partial charge in [-0.25, -0.2) is 0 Å². The van der Waals surface area contributed by atoms with E-state index in [-0.39, 0.29) is 18.2 Å². The zero-order valence-electron chi connectivity index (χ0n) is 13.1. The number of carbonyl (C=O) groups excluding carboxylic acids is 2. The van der Waals surface area contributed by atoms with Crippen LogP contribution in [0.15, 0.2) is 24.3 Å². The lowest BCUT2D eigenvalue weighted by atomic mass is 9.98. The van der Waals surface area contributed by atoms with E-state index >= 15 is 0 Å². The summed E-state index contributed by atoms with van der Waals surface area (Å²) in [4.78, 5) is 26.2. The van der Waals surface area contributed by atoms with Gasteiger partial charge in [-0.2, -0.15) is 0 Å². The van der Waals surface area contributed by atoms with Crippen LogP contribution < -0.4 is 0 Å². The Morgan fingerprint density at radius 1 is 1.19 bits per heavy atom. The van der Waals surface area contributed by atoms with Crippen molar-refractivity contribution in [3.63, 3.8) is 0 Å². The number of rotatable bonds is 5. The molecule has 0 aliphatic carbocycles. The number of aryl methyl sites for hydroxylation is 1. The Kier molecular flexibility index (Phi) is 5.54. The van der Waals surface area contributed by atoms with Crippen molar-refractivity contribution in [1.82, 2.24) is 4.90 Å². The first kappa shape index (κ1) is 15.7. The lowest BCUT2D eigenvalue weighted by Crippen LogP contribution is -2.35. The minimum absolute atomic E-state index is 0.0425. The number of nitrogens with zero attached hydrogens (tertiary/aromatic N) is 1. The number of Topliss-reactive ketones (excluding diaryl/α,β-unsaturated/α-hetero) is 1. The molecule has 1 amide bonds. The zero-order valence-corrected chi connectivity index (χ0v) is 13.1. The van der Waals surface area contributed by atoms with Crippen LogP contribution in [0.25, 0.3) is 0 Å². The molecule has 1 fully saturated rings. The molecular weight excluding hydrogens is 262 g/mol. The highest BCUT2D eigenvalue weighted by atomic mass is 16.2. The van der Waals surface area contributed by atoms with E-state index < -0.39 is 0 Å². The number of carbonyl (C=O) groups is 2. The van der Waals surface area contributed by atoms with Gasteiger partial charge in [-0.15, -0.1) is 0 Å². The third-order valence-corrected chi connectivity index (χ3v) is 4.52. The number of likely N-dealkylation sites (tertiary alicyclic amines) is 1. The van der Waals surface area contributed by atoms with Crippen molar-refractivity contribution in [1.29, 1.82) is 0 Å². The number of amides is 1. The fourth-order valence-electron chi connectivity index (χ4n) is 2.86. The van der Waals surface area contributed by atoms with Gasteiger partial charge in [-0.05, 0) is 30.7 Å². The Morgan fingerprint density at radius 3 is 2.52 bits per heavy atom. The van der Waals surface area contributed by atoms with Gasteiger partial charge < -0.3 is 4.90 Å². The molecular formula is C18H25NO2. The van der Waals surface area contributed by atoms with Gasteiger partial charge in [0.15, 0.2) is 5.78 Å². The maximum atomic E-state index is 12.3. The summed E-state index contributed by atoms with van der Waals surface area (Å²) in [5.41, 5.74) is 1.93. The molecule has 1 aromatic carbocycles. The molecule has 3 heteroatoms.